The number of nitrogens with one attached hydrogen (secondary N) is 1. The fourth-order valence-electron chi connectivity index (χ4n) is 3.68. The zero-order valence-electron chi connectivity index (χ0n) is 16.2. The van der Waals surface area contributed by atoms with E-state index in [9.17, 15) is 14.4 Å². The Morgan fingerprint density at radius 1 is 1.17 bits per heavy atom. The van der Waals surface area contributed by atoms with Crippen LogP contribution in [0.1, 0.15) is 41.0 Å². The van der Waals surface area contributed by atoms with Crippen molar-refractivity contribution in [3.05, 3.63) is 74.8 Å². The van der Waals surface area contributed by atoms with Crippen LogP contribution >= 0.6 is 11.6 Å². The van der Waals surface area contributed by atoms with Gasteiger partial charge in [0, 0.05) is 5.02 Å². The number of nitrogens with zero attached hydrogens (tertiary/aromatic N) is 1. The number of H-pyrrole nitrogens is 1. The number of aromatic amines is 1. The van der Waals surface area contributed by atoms with Gasteiger partial charge < -0.3 is 14.5 Å². The molecule has 1 saturated carbocycles. The number of hydrogen-bond acceptors (Lipinski definition) is 6. The molecule has 154 valence electrons. The second-order valence-corrected chi connectivity index (χ2v) is 7.69. The predicted molar refractivity (Wildman–Crippen MR) is 110 cm³/mol. The van der Waals surface area contributed by atoms with Crippen LogP contribution in [0, 0.1) is 0 Å². The molecule has 3 aromatic rings. The van der Waals surface area contributed by atoms with Crippen LogP contribution in [0.15, 0.2) is 47.3 Å². The van der Waals surface area contributed by atoms with Crippen LogP contribution in [0.3, 0.4) is 0 Å². The Hall–Kier alpha value is -3.19. The summed E-state index contributed by atoms with van der Waals surface area (Å²) >= 11 is 5.96. The number of benzene rings is 2. The summed E-state index contributed by atoms with van der Waals surface area (Å²) in [5, 5.41) is 0.931. The zero-order chi connectivity index (χ0) is 21.3. The minimum absolute atomic E-state index is 0.179. The lowest BCUT2D eigenvalue weighted by molar-refractivity contribution is -0.156. The largest absolute Gasteiger partial charge is 0.465 e. The maximum atomic E-state index is 12.9. The first-order chi connectivity index (χ1) is 14.4. The van der Waals surface area contributed by atoms with Crippen LogP contribution in [0.5, 0.6) is 0 Å². The highest BCUT2D eigenvalue weighted by atomic mass is 35.5. The average Bonchev–Trinajstić information content (AvgIpc) is 2.71. The van der Waals surface area contributed by atoms with Crippen molar-refractivity contribution in [1.82, 2.24) is 9.97 Å². The lowest BCUT2D eigenvalue weighted by Gasteiger charge is -2.39. The summed E-state index contributed by atoms with van der Waals surface area (Å²) in [6.45, 7) is -0.179. The number of halogens is 1. The second kappa shape index (κ2) is 7.91. The Morgan fingerprint density at radius 2 is 1.90 bits per heavy atom. The summed E-state index contributed by atoms with van der Waals surface area (Å²) in [6.07, 6.45) is 2.31. The number of aromatic nitrogens is 2. The number of methoxy groups -OCH3 is 1. The van der Waals surface area contributed by atoms with Crippen LogP contribution in [-0.2, 0) is 26.3 Å². The number of hydrogen-bond donors (Lipinski definition) is 1. The Kier molecular flexibility index (Phi) is 5.30. The summed E-state index contributed by atoms with van der Waals surface area (Å²) in [6, 6.07) is 11.7. The highest BCUT2D eigenvalue weighted by Crippen LogP contribution is 2.45. The molecule has 0 saturated heterocycles. The van der Waals surface area contributed by atoms with Gasteiger partial charge in [0.2, 0.25) is 0 Å². The lowest BCUT2D eigenvalue weighted by Crippen LogP contribution is -2.43. The molecule has 0 radical (unpaired) electrons. The van der Waals surface area contributed by atoms with Gasteiger partial charge in [0.1, 0.15) is 12.4 Å². The van der Waals surface area contributed by atoms with E-state index in [1.165, 1.54) is 25.3 Å². The van der Waals surface area contributed by atoms with Gasteiger partial charge in [-0.05, 0) is 48.7 Å². The van der Waals surface area contributed by atoms with Crippen LogP contribution < -0.4 is 5.56 Å². The molecule has 0 bridgehead atoms. The third-order valence-electron chi connectivity index (χ3n) is 5.51. The van der Waals surface area contributed by atoms with E-state index in [4.69, 9.17) is 21.1 Å². The number of esters is 2. The zero-order valence-corrected chi connectivity index (χ0v) is 17.0. The van der Waals surface area contributed by atoms with E-state index >= 15 is 0 Å². The first kappa shape index (κ1) is 20.1. The molecule has 2 aromatic carbocycles. The molecule has 7 nitrogen and oxygen atoms in total. The number of carbonyl (C=O) groups is 2. The molecule has 1 fully saturated rings. The number of rotatable bonds is 5. The maximum absolute atomic E-state index is 12.9. The fourth-order valence-corrected chi connectivity index (χ4v) is 3.81. The maximum Gasteiger partial charge on any atom is 0.337 e. The van der Waals surface area contributed by atoms with Crippen molar-refractivity contribution < 1.29 is 19.1 Å². The molecule has 1 heterocycles. The molecule has 0 amide bonds. The van der Waals surface area contributed by atoms with Crippen molar-refractivity contribution in [3.63, 3.8) is 0 Å². The minimum Gasteiger partial charge on any atom is -0.465 e. The Labute approximate surface area is 177 Å². The van der Waals surface area contributed by atoms with Gasteiger partial charge in [-0.1, -0.05) is 30.2 Å². The van der Waals surface area contributed by atoms with Crippen LogP contribution in [-0.4, -0.2) is 29.0 Å². The van der Waals surface area contributed by atoms with Gasteiger partial charge >= 0.3 is 11.9 Å². The normalized spacial score (nSPS) is 14.7. The number of carbonyl (C=O) groups excluding carboxylic acids is 2. The molecule has 4 rings (SSSR count). The van der Waals surface area contributed by atoms with E-state index in [1.807, 2.05) is 12.1 Å². The molecule has 30 heavy (non-hydrogen) atoms. The summed E-state index contributed by atoms with van der Waals surface area (Å²) in [5.41, 5.74) is 0.398. The summed E-state index contributed by atoms with van der Waals surface area (Å²) in [5.74, 6) is -0.683. The van der Waals surface area contributed by atoms with Crippen LogP contribution in [0.4, 0.5) is 0 Å². The Morgan fingerprint density at radius 3 is 2.53 bits per heavy atom. The topological polar surface area (TPSA) is 98.4 Å². The van der Waals surface area contributed by atoms with E-state index in [-0.39, 0.29) is 29.5 Å². The summed E-state index contributed by atoms with van der Waals surface area (Å²) < 4.78 is 10.2. The molecular weight excluding hydrogens is 408 g/mol. The fraction of sp³-hybridized carbons (Fsp3) is 0.273. The lowest BCUT2D eigenvalue weighted by atomic mass is 9.64. The van der Waals surface area contributed by atoms with Gasteiger partial charge in [0.25, 0.3) is 5.56 Å². The molecule has 8 heteroatoms. The summed E-state index contributed by atoms with van der Waals surface area (Å²) in [7, 11) is 1.28. The highest BCUT2D eigenvalue weighted by Gasteiger charge is 2.47. The van der Waals surface area contributed by atoms with Crippen molar-refractivity contribution in [2.45, 2.75) is 31.3 Å². The molecule has 0 aliphatic heterocycles. The second-order valence-electron chi connectivity index (χ2n) is 7.25. The van der Waals surface area contributed by atoms with Crippen LogP contribution in [0.2, 0.25) is 5.02 Å². The van der Waals surface area contributed by atoms with Crippen molar-refractivity contribution >= 4 is 34.4 Å². The SMILES string of the molecule is COC(=O)c1ccc2c(=O)[nH]c(COC(=O)C3(c4ccc(Cl)cc4)CCC3)nc2c1. The molecule has 1 aromatic heterocycles. The molecule has 0 unspecified atom stereocenters. The van der Waals surface area contributed by atoms with Crippen LogP contribution in [0.25, 0.3) is 10.9 Å². The third-order valence-corrected chi connectivity index (χ3v) is 5.76. The average molecular weight is 427 g/mol. The third kappa shape index (κ3) is 3.57. The van der Waals surface area contributed by atoms with Crippen molar-refractivity contribution in [2.24, 2.45) is 0 Å². The smallest absolute Gasteiger partial charge is 0.337 e. The van der Waals surface area contributed by atoms with Crippen molar-refractivity contribution in [2.75, 3.05) is 7.11 Å². The first-order valence-electron chi connectivity index (χ1n) is 9.47. The summed E-state index contributed by atoms with van der Waals surface area (Å²) in [4.78, 5) is 43.9. The first-order valence-corrected chi connectivity index (χ1v) is 9.85. The quantitative estimate of drug-likeness (QED) is 0.627. The van der Waals surface area contributed by atoms with Gasteiger partial charge in [-0.25, -0.2) is 9.78 Å². The predicted octanol–water partition coefficient (Wildman–Crippen LogP) is 3.53. The molecule has 0 atom stereocenters. The van der Waals surface area contributed by atoms with Crippen molar-refractivity contribution in [3.8, 4) is 0 Å². The molecule has 1 aliphatic carbocycles. The van der Waals surface area contributed by atoms with E-state index < -0.39 is 11.4 Å². The van der Waals surface area contributed by atoms with E-state index in [2.05, 4.69) is 9.97 Å². The molecule has 1 N–H and O–H groups in total. The Bertz CT molecular complexity index is 1180. The number of ether oxygens (including phenoxy) is 2. The molecular formula is C22H19ClN2O5. The highest BCUT2D eigenvalue weighted by molar-refractivity contribution is 6.30. The van der Waals surface area contributed by atoms with Gasteiger partial charge in [0.15, 0.2) is 0 Å². The monoisotopic (exact) mass is 426 g/mol. The van der Waals surface area contributed by atoms with E-state index in [0.29, 0.717) is 28.8 Å². The minimum atomic E-state index is -0.695. The van der Waals surface area contributed by atoms with Gasteiger partial charge in [0.05, 0.1) is 29.0 Å². The van der Waals surface area contributed by atoms with Crippen molar-refractivity contribution in [1.29, 1.82) is 0 Å². The van der Waals surface area contributed by atoms with Gasteiger partial charge in [-0.2, -0.15) is 0 Å². The Balaban J connectivity index is 1.56. The van der Waals surface area contributed by atoms with Gasteiger partial charge in [-0.15, -0.1) is 0 Å². The van der Waals surface area contributed by atoms with E-state index in [0.717, 1.165) is 12.0 Å². The molecule has 0 spiro atoms. The molecule has 1 aliphatic rings. The standard InChI is InChI=1S/C22H19ClN2O5/c1-29-20(27)13-3-8-16-17(11-13)24-18(25-19(16)26)12-30-21(28)22(9-2-10-22)14-4-6-15(23)7-5-14/h3-8,11H,2,9-10,12H2,1H3,(H,24,25,26). The number of fused-ring (bicyclic) bond motifs is 1. The van der Waals surface area contributed by atoms with Gasteiger partial charge in [-0.3, -0.25) is 9.59 Å². The van der Waals surface area contributed by atoms with E-state index in [1.54, 1.807) is 12.1 Å².